The minimum atomic E-state index is -2.72. The Hall–Kier alpha value is -1.69. The highest BCUT2D eigenvalue weighted by Crippen LogP contribution is 2.14. The van der Waals surface area contributed by atoms with E-state index in [9.17, 15) is 13.2 Å². The number of ether oxygens (including phenoxy) is 1. The fourth-order valence-corrected chi connectivity index (χ4v) is 1.31. The van der Waals surface area contributed by atoms with Crippen LogP contribution in [0.5, 0.6) is 5.75 Å². The maximum atomic E-state index is 11.2. The number of nitrogens with zero attached hydrogens (tertiary/aromatic N) is 1. The molecule has 1 aromatic carbocycles. The Labute approximate surface area is 94.8 Å². The molecule has 0 heterocycles. The van der Waals surface area contributed by atoms with Crippen molar-refractivity contribution < 1.29 is 17.9 Å². The molecule has 0 spiro atoms. The van der Waals surface area contributed by atoms with Crippen molar-refractivity contribution >= 4 is 16.4 Å². The van der Waals surface area contributed by atoms with E-state index < -0.39 is 16.4 Å². The first kappa shape index (κ1) is 12.4. The standard InChI is InChI=1S/C10H11NO4S/c1-7(2)15-9-5-3-8(4-6-9)10(12)11-16(13)14/h3-7H,1-2H3. The lowest BCUT2D eigenvalue weighted by molar-refractivity contribution is 0.100. The van der Waals surface area contributed by atoms with E-state index in [0.29, 0.717) is 5.75 Å². The molecule has 0 atom stereocenters. The summed E-state index contributed by atoms with van der Waals surface area (Å²) in [5.74, 6) is -0.167. The predicted molar refractivity (Wildman–Crippen MR) is 57.9 cm³/mol. The summed E-state index contributed by atoms with van der Waals surface area (Å²) in [6.07, 6.45) is 0.0420. The highest BCUT2D eigenvalue weighted by molar-refractivity contribution is 7.62. The van der Waals surface area contributed by atoms with Crippen molar-refractivity contribution in [2.24, 2.45) is 4.36 Å². The molecule has 6 heteroatoms. The van der Waals surface area contributed by atoms with E-state index in [2.05, 4.69) is 4.36 Å². The second-order valence-electron chi connectivity index (χ2n) is 3.30. The van der Waals surface area contributed by atoms with Crippen molar-refractivity contribution in [1.29, 1.82) is 0 Å². The average molecular weight is 241 g/mol. The molecule has 0 fully saturated rings. The fourth-order valence-electron chi connectivity index (χ4n) is 1.07. The molecule has 0 aliphatic carbocycles. The van der Waals surface area contributed by atoms with E-state index in [0.717, 1.165) is 0 Å². The molecule has 5 nitrogen and oxygen atoms in total. The Kier molecular flexibility index (Phi) is 4.19. The lowest BCUT2D eigenvalue weighted by Crippen LogP contribution is -2.05. The number of hydrogen-bond donors (Lipinski definition) is 0. The van der Waals surface area contributed by atoms with Crippen LogP contribution >= 0.6 is 0 Å². The Morgan fingerprint density at radius 1 is 1.25 bits per heavy atom. The monoisotopic (exact) mass is 241 g/mol. The molecule has 16 heavy (non-hydrogen) atoms. The number of amides is 1. The van der Waals surface area contributed by atoms with E-state index in [1.54, 1.807) is 12.1 Å². The van der Waals surface area contributed by atoms with Gasteiger partial charge in [0.25, 0.3) is 5.91 Å². The van der Waals surface area contributed by atoms with Crippen LogP contribution in [0.2, 0.25) is 0 Å². The van der Waals surface area contributed by atoms with Crippen molar-refractivity contribution in [2.45, 2.75) is 20.0 Å². The molecule has 0 unspecified atom stereocenters. The first-order chi connectivity index (χ1) is 7.49. The zero-order valence-corrected chi connectivity index (χ0v) is 9.69. The van der Waals surface area contributed by atoms with Crippen molar-refractivity contribution in [2.75, 3.05) is 0 Å². The van der Waals surface area contributed by atoms with Crippen molar-refractivity contribution in [1.82, 2.24) is 0 Å². The zero-order valence-electron chi connectivity index (χ0n) is 8.88. The van der Waals surface area contributed by atoms with Gasteiger partial charge in [0.1, 0.15) is 5.75 Å². The molecule has 1 rings (SSSR count). The summed E-state index contributed by atoms with van der Waals surface area (Å²) in [6.45, 7) is 3.77. The molecule has 0 saturated carbocycles. The molecule has 86 valence electrons. The minimum absolute atomic E-state index is 0.0420. The van der Waals surface area contributed by atoms with Crippen LogP contribution in [-0.4, -0.2) is 20.4 Å². The van der Waals surface area contributed by atoms with Crippen LogP contribution < -0.4 is 4.74 Å². The van der Waals surface area contributed by atoms with Crippen LogP contribution in [0, 0.1) is 0 Å². The molecule has 0 saturated heterocycles. The van der Waals surface area contributed by atoms with Gasteiger partial charge in [-0.05, 0) is 38.1 Å². The minimum Gasteiger partial charge on any atom is -0.491 e. The summed E-state index contributed by atoms with van der Waals surface area (Å²) in [5, 5.41) is 0. The molecule has 0 aliphatic rings. The second-order valence-corrected chi connectivity index (χ2v) is 3.92. The van der Waals surface area contributed by atoms with Gasteiger partial charge < -0.3 is 4.74 Å². The Morgan fingerprint density at radius 2 is 1.81 bits per heavy atom. The number of hydrogen-bond acceptors (Lipinski definition) is 4. The van der Waals surface area contributed by atoms with Gasteiger partial charge in [0.15, 0.2) is 0 Å². The van der Waals surface area contributed by atoms with Crippen LogP contribution in [0.1, 0.15) is 24.2 Å². The van der Waals surface area contributed by atoms with Crippen LogP contribution in [0.15, 0.2) is 28.6 Å². The highest BCUT2D eigenvalue weighted by Gasteiger charge is 2.05. The third-order valence-electron chi connectivity index (χ3n) is 1.63. The molecule has 0 aliphatic heterocycles. The number of benzene rings is 1. The first-order valence-electron chi connectivity index (χ1n) is 4.61. The molecular weight excluding hydrogens is 230 g/mol. The number of rotatable bonds is 3. The number of carbonyl (C=O) groups excluding carboxylic acids is 1. The van der Waals surface area contributed by atoms with Gasteiger partial charge in [-0.1, -0.05) is 4.36 Å². The molecule has 0 N–H and O–H groups in total. The van der Waals surface area contributed by atoms with Gasteiger partial charge >= 0.3 is 10.5 Å². The van der Waals surface area contributed by atoms with E-state index in [4.69, 9.17) is 4.74 Å². The Balaban J connectivity index is 2.87. The average Bonchev–Trinajstić information content (AvgIpc) is 2.16. The smallest absolute Gasteiger partial charge is 0.319 e. The quantitative estimate of drug-likeness (QED) is 0.807. The summed E-state index contributed by atoms with van der Waals surface area (Å²) < 4.78 is 28.6. The van der Waals surface area contributed by atoms with E-state index in [1.807, 2.05) is 13.8 Å². The summed E-state index contributed by atoms with van der Waals surface area (Å²) in [5.41, 5.74) is 0.209. The van der Waals surface area contributed by atoms with Crippen LogP contribution in [0.4, 0.5) is 0 Å². The van der Waals surface area contributed by atoms with Gasteiger partial charge in [0.05, 0.1) is 6.10 Å². The Morgan fingerprint density at radius 3 is 2.25 bits per heavy atom. The van der Waals surface area contributed by atoms with E-state index in [-0.39, 0.29) is 11.7 Å². The zero-order chi connectivity index (χ0) is 12.1. The van der Waals surface area contributed by atoms with Gasteiger partial charge in [-0.25, -0.2) is 0 Å². The topological polar surface area (TPSA) is 72.8 Å². The second kappa shape index (κ2) is 5.41. The SMILES string of the molecule is CC(C)Oc1ccc(C(=O)N=S(=O)=O)cc1. The first-order valence-corrected chi connectivity index (χ1v) is 5.64. The van der Waals surface area contributed by atoms with Crippen LogP contribution in [0.3, 0.4) is 0 Å². The van der Waals surface area contributed by atoms with Gasteiger partial charge in [0, 0.05) is 5.56 Å². The summed E-state index contributed by atoms with van der Waals surface area (Å²) in [4.78, 5) is 11.2. The van der Waals surface area contributed by atoms with Crippen LogP contribution in [-0.2, 0) is 10.5 Å². The summed E-state index contributed by atoms with van der Waals surface area (Å²) in [7, 11) is -2.72. The predicted octanol–water partition coefficient (Wildman–Crippen LogP) is 1.68. The molecule has 0 bridgehead atoms. The lowest BCUT2D eigenvalue weighted by Gasteiger charge is -2.08. The summed E-state index contributed by atoms with van der Waals surface area (Å²) >= 11 is 0. The van der Waals surface area contributed by atoms with Crippen molar-refractivity contribution in [3.05, 3.63) is 29.8 Å². The molecule has 0 radical (unpaired) electrons. The third kappa shape index (κ3) is 3.82. The molecule has 1 amide bonds. The van der Waals surface area contributed by atoms with E-state index in [1.165, 1.54) is 12.1 Å². The van der Waals surface area contributed by atoms with Gasteiger partial charge in [-0.2, -0.15) is 8.42 Å². The molecular formula is C10H11NO4S. The maximum Gasteiger partial charge on any atom is 0.319 e. The Bertz CT molecular complexity index is 494. The largest absolute Gasteiger partial charge is 0.491 e. The van der Waals surface area contributed by atoms with Gasteiger partial charge in [-0.15, -0.1) is 0 Å². The molecule has 0 aromatic heterocycles. The molecule has 1 aromatic rings. The van der Waals surface area contributed by atoms with Crippen LogP contribution in [0.25, 0.3) is 0 Å². The van der Waals surface area contributed by atoms with E-state index >= 15 is 0 Å². The lowest BCUT2D eigenvalue weighted by atomic mass is 10.2. The third-order valence-corrected chi connectivity index (χ3v) is 1.95. The fraction of sp³-hybridized carbons (Fsp3) is 0.300. The van der Waals surface area contributed by atoms with Crippen molar-refractivity contribution in [3.63, 3.8) is 0 Å². The van der Waals surface area contributed by atoms with Gasteiger partial charge in [-0.3, -0.25) is 4.79 Å². The normalized spacial score (nSPS) is 9.94. The maximum absolute atomic E-state index is 11.2. The number of carbonyl (C=O) groups is 1. The summed E-state index contributed by atoms with van der Waals surface area (Å²) in [6, 6.07) is 6.12. The van der Waals surface area contributed by atoms with Crippen molar-refractivity contribution in [3.8, 4) is 5.75 Å². The van der Waals surface area contributed by atoms with Gasteiger partial charge in [0.2, 0.25) is 0 Å². The highest BCUT2D eigenvalue weighted by atomic mass is 32.2.